The second-order valence-corrected chi connectivity index (χ2v) is 4.90. The van der Waals surface area contributed by atoms with Crippen LogP contribution in [0.1, 0.15) is 23.2 Å². The first-order valence-electron chi connectivity index (χ1n) is 6.34. The summed E-state index contributed by atoms with van der Waals surface area (Å²) in [7, 11) is 0. The lowest BCUT2D eigenvalue weighted by Crippen LogP contribution is -2.33. The fourth-order valence-electron chi connectivity index (χ4n) is 2.14. The van der Waals surface area contributed by atoms with E-state index < -0.39 is 0 Å². The highest BCUT2D eigenvalue weighted by molar-refractivity contribution is 6.29. The number of aromatic nitrogens is 1. The van der Waals surface area contributed by atoms with Crippen LogP contribution in [0.3, 0.4) is 0 Å². The Hall–Kier alpha value is -1.37. The van der Waals surface area contributed by atoms with Crippen molar-refractivity contribution < 1.29 is 4.79 Å². The third kappa shape index (κ3) is 4.05. The Morgan fingerprint density at radius 1 is 1.42 bits per heavy atom. The van der Waals surface area contributed by atoms with Crippen molar-refractivity contribution in [2.75, 3.05) is 31.6 Å². The number of amides is 1. The van der Waals surface area contributed by atoms with Crippen LogP contribution >= 0.6 is 11.6 Å². The van der Waals surface area contributed by atoms with E-state index in [2.05, 4.69) is 20.6 Å². The first-order chi connectivity index (χ1) is 9.19. The fourth-order valence-corrected chi connectivity index (χ4v) is 2.35. The highest BCUT2D eigenvalue weighted by atomic mass is 35.5. The van der Waals surface area contributed by atoms with Gasteiger partial charge in [0.25, 0.3) is 5.91 Å². The van der Waals surface area contributed by atoms with Gasteiger partial charge < -0.3 is 15.6 Å². The van der Waals surface area contributed by atoms with E-state index in [-0.39, 0.29) is 11.1 Å². The zero-order chi connectivity index (χ0) is 13.7. The summed E-state index contributed by atoms with van der Waals surface area (Å²) in [5, 5.41) is 3.10. The van der Waals surface area contributed by atoms with Crippen molar-refractivity contribution in [3.05, 3.63) is 22.8 Å². The molecular formula is C12H18ClN5O. The number of rotatable bonds is 5. The molecule has 1 aliphatic rings. The molecule has 0 unspecified atom stereocenters. The topological polar surface area (TPSA) is 83.3 Å². The van der Waals surface area contributed by atoms with E-state index >= 15 is 0 Å². The normalized spacial score (nSPS) is 15.5. The SMILES string of the molecule is NNc1cc(C(=O)NCCN2CCCC2)cc(Cl)n1. The third-order valence-corrected chi connectivity index (χ3v) is 3.31. The predicted molar refractivity (Wildman–Crippen MR) is 75.1 cm³/mol. The van der Waals surface area contributed by atoms with E-state index in [1.807, 2.05) is 0 Å². The van der Waals surface area contributed by atoms with Crippen LogP contribution in [0.5, 0.6) is 0 Å². The number of nitrogens with zero attached hydrogens (tertiary/aromatic N) is 2. The minimum atomic E-state index is -0.167. The maximum atomic E-state index is 12.0. The molecule has 0 aromatic carbocycles. The Bertz CT molecular complexity index is 448. The lowest BCUT2D eigenvalue weighted by molar-refractivity contribution is 0.0949. The van der Waals surface area contributed by atoms with Gasteiger partial charge in [0.05, 0.1) is 0 Å². The number of anilines is 1. The van der Waals surface area contributed by atoms with Crippen molar-refractivity contribution in [1.29, 1.82) is 0 Å². The number of carbonyl (C=O) groups is 1. The van der Waals surface area contributed by atoms with Crippen LogP contribution in [-0.4, -0.2) is 42.0 Å². The lowest BCUT2D eigenvalue weighted by atomic mass is 10.2. The number of hydrogen-bond donors (Lipinski definition) is 3. The monoisotopic (exact) mass is 283 g/mol. The summed E-state index contributed by atoms with van der Waals surface area (Å²) in [5.41, 5.74) is 2.83. The maximum Gasteiger partial charge on any atom is 0.251 e. The fraction of sp³-hybridized carbons (Fsp3) is 0.500. The molecule has 2 heterocycles. The maximum absolute atomic E-state index is 12.0. The van der Waals surface area contributed by atoms with Gasteiger partial charge in [-0.25, -0.2) is 10.8 Å². The van der Waals surface area contributed by atoms with Gasteiger partial charge in [-0.3, -0.25) is 4.79 Å². The largest absolute Gasteiger partial charge is 0.351 e. The highest BCUT2D eigenvalue weighted by Gasteiger charge is 2.12. The molecular weight excluding hydrogens is 266 g/mol. The van der Waals surface area contributed by atoms with Gasteiger partial charge in [0.1, 0.15) is 11.0 Å². The molecule has 7 heteroatoms. The molecule has 19 heavy (non-hydrogen) atoms. The van der Waals surface area contributed by atoms with Gasteiger partial charge in [0.2, 0.25) is 0 Å². The number of pyridine rings is 1. The molecule has 0 bridgehead atoms. The summed E-state index contributed by atoms with van der Waals surface area (Å²) in [4.78, 5) is 18.2. The van der Waals surface area contributed by atoms with E-state index in [1.54, 1.807) is 6.07 Å². The van der Waals surface area contributed by atoms with E-state index in [4.69, 9.17) is 17.4 Å². The summed E-state index contributed by atoms with van der Waals surface area (Å²) < 4.78 is 0. The minimum Gasteiger partial charge on any atom is -0.351 e. The summed E-state index contributed by atoms with van der Waals surface area (Å²) in [6.07, 6.45) is 2.50. The highest BCUT2D eigenvalue weighted by Crippen LogP contribution is 2.13. The van der Waals surface area contributed by atoms with Crippen LogP contribution in [0.15, 0.2) is 12.1 Å². The molecule has 1 aliphatic heterocycles. The van der Waals surface area contributed by atoms with Crippen LogP contribution < -0.4 is 16.6 Å². The molecule has 1 aromatic heterocycles. The first kappa shape index (κ1) is 14.0. The van der Waals surface area contributed by atoms with E-state index in [0.717, 1.165) is 19.6 Å². The molecule has 0 atom stereocenters. The number of likely N-dealkylation sites (tertiary alicyclic amines) is 1. The summed E-state index contributed by atoms with van der Waals surface area (Å²) in [6, 6.07) is 3.09. The number of nitrogens with one attached hydrogen (secondary N) is 2. The van der Waals surface area contributed by atoms with Crippen LogP contribution in [0.4, 0.5) is 5.82 Å². The van der Waals surface area contributed by atoms with Gasteiger partial charge in [-0.15, -0.1) is 0 Å². The Labute approximate surface area is 117 Å². The summed E-state index contributed by atoms with van der Waals surface area (Å²) >= 11 is 5.82. The van der Waals surface area contributed by atoms with Crippen LogP contribution in [-0.2, 0) is 0 Å². The molecule has 2 rings (SSSR count). The number of nitrogens with two attached hydrogens (primary N) is 1. The van der Waals surface area contributed by atoms with Crippen molar-refractivity contribution in [3.63, 3.8) is 0 Å². The van der Waals surface area contributed by atoms with Crippen molar-refractivity contribution in [2.24, 2.45) is 5.84 Å². The number of nitrogen functional groups attached to an aromatic ring is 1. The number of hydrazine groups is 1. The molecule has 104 valence electrons. The summed E-state index contributed by atoms with van der Waals surface area (Å²) in [5.74, 6) is 5.47. The van der Waals surface area contributed by atoms with Gasteiger partial charge in [-0.2, -0.15) is 0 Å². The Balaban J connectivity index is 1.86. The van der Waals surface area contributed by atoms with Gasteiger partial charge in [-0.1, -0.05) is 11.6 Å². The average Bonchev–Trinajstić information content (AvgIpc) is 2.91. The second kappa shape index (κ2) is 6.70. The second-order valence-electron chi connectivity index (χ2n) is 4.51. The average molecular weight is 284 g/mol. The third-order valence-electron chi connectivity index (χ3n) is 3.12. The molecule has 1 aromatic rings. The van der Waals surface area contributed by atoms with Crippen molar-refractivity contribution in [2.45, 2.75) is 12.8 Å². The number of carbonyl (C=O) groups excluding carboxylic acids is 1. The quantitative estimate of drug-likeness (QED) is 0.424. The molecule has 1 saturated heterocycles. The van der Waals surface area contributed by atoms with Crippen molar-refractivity contribution >= 4 is 23.3 Å². The molecule has 1 amide bonds. The minimum absolute atomic E-state index is 0.167. The van der Waals surface area contributed by atoms with Gasteiger partial charge in [-0.05, 0) is 38.1 Å². The Morgan fingerprint density at radius 2 is 2.16 bits per heavy atom. The van der Waals surface area contributed by atoms with Gasteiger partial charge >= 0.3 is 0 Å². The molecule has 4 N–H and O–H groups in total. The van der Waals surface area contributed by atoms with Crippen LogP contribution in [0, 0.1) is 0 Å². The van der Waals surface area contributed by atoms with E-state index in [9.17, 15) is 4.79 Å². The van der Waals surface area contributed by atoms with Gasteiger partial charge in [0.15, 0.2) is 0 Å². The lowest BCUT2D eigenvalue weighted by Gasteiger charge is -2.14. The standard InChI is InChI=1S/C12H18ClN5O/c13-10-7-9(8-11(16-10)17-14)12(19)15-3-6-18-4-1-2-5-18/h7-8H,1-6,14H2,(H,15,19)(H,16,17). The number of hydrogen-bond acceptors (Lipinski definition) is 5. The zero-order valence-electron chi connectivity index (χ0n) is 10.7. The van der Waals surface area contributed by atoms with E-state index in [1.165, 1.54) is 18.9 Å². The Morgan fingerprint density at radius 3 is 2.84 bits per heavy atom. The van der Waals surface area contributed by atoms with Crippen molar-refractivity contribution in [1.82, 2.24) is 15.2 Å². The van der Waals surface area contributed by atoms with Crippen LogP contribution in [0.25, 0.3) is 0 Å². The predicted octanol–water partition coefficient (Wildman–Crippen LogP) is 0.846. The summed E-state index contributed by atoms with van der Waals surface area (Å²) in [6.45, 7) is 3.76. The Kier molecular flexibility index (Phi) is 4.95. The molecule has 0 saturated carbocycles. The van der Waals surface area contributed by atoms with E-state index in [0.29, 0.717) is 17.9 Å². The first-order valence-corrected chi connectivity index (χ1v) is 6.71. The van der Waals surface area contributed by atoms with Crippen LogP contribution in [0.2, 0.25) is 5.15 Å². The number of halogens is 1. The molecule has 0 radical (unpaired) electrons. The van der Waals surface area contributed by atoms with Gasteiger partial charge in [0, 0.05) is 18.7 Å². The smallest absolute Gasteiger partial charge is 0.251 e. The molecule has 6 nitrogen and oxygen atoms in total. The zero-order valence-corrected chi connectivity index (χ0v) is 11.4. The molecule has 1 fully saturated rings. The van der Waals surface area contributed by atoms with Crippen molar-refractivity contribution in [3.8, 4) is 0 Å². The molecule has 0 spiro atoms. The molecule has 0 aliphatic carbocycles.